The average Bonchev–Trinajstić information content (AvgIpc) is 2.41. The van der Waals surface area contributed by atoms with Gasteiger partial charge < -0.3 is 11.1 Å². The van der Waals surface area contributed by atoms with Crippen molar-refractivity contribution in [2.45, 2.75) is 32.2 Å². The number of pyridine rings is 1. The van der Waals surface area contributed by atoms with Gasteiger partial charge in [-0.15, -0.1) is 0 Å². The fraction of sp³-hybridized carbons (Fsp3) is 0.385. The first-order valence-electron chi connectivity index (χ1n) is 6.40. The Bertz CT molecular complexity index is 571. The summed E-state index contributed by atoms with van der Waals surface area (Å²) in [5.74, 6) is -0.935. The highest BCUT2D eigenvalue weighted by atomic mass is 16.2. The van der Waals surface area contributed by atoms with Gasteiger partial charge in [-0.2, -0.15) is 0 Å². The van der Waals surface area contributed by atoms with Gasteiger partial charge >= 0.3 is 0 Å². The maximum Gasteiger partial charge on any atom is 0.252 e. The number of aromatic nitrogens is 1. The van der Waals surface area contributed by atoms with Crippen LogP contribution in [0.4, 0.5) is 5.82 Å². The molecule has 0 spiro atoms. The van der Waals surface area contributed by atoms with Gasteiger partial charge in [-0.25, -0.2) is 4.98 Å². The largest absolute Gasteiger partial charge is 0.384 e. The van der Waals surface area contributed by atoms with E-state index in [1.165, 1.54) is 6.07 Å². The molecule has 106 valence electrons. The first kappa shape index (κ1) is 14.0. The fourth-order valence-electron chi connectivity index (χ4n) is 2.00. The number of rotatable bonds is 3. The summed E-state index contributed by atoms with van der Waals surface area (Å²) in [4.78, 5) is 38.8. The summed E-state index contributed by atoms with van der Waals surface area (Å²) in [7, 11) is 0. The molecule has 7 heteroatoms. The van der Waals surface area contributed by atoms with Crippen molar-refractivity contribution in [3.8, 4) is 0 Å². The molecule has 1 unspecified atom stereocenters. The molecule has 1 aliphatic rings. The third kappa shape index (κ3) is 3.11. The lowest BCUT2D eigenvalue weighted by Crippen LogP contribution is -2.52. The molecule has 4 N–H and O–H groups in total. The molecule has 1 aliphatic heterocycles. The summed E-state index contributed by atoms with van der Waals surface area (Å²) < 4.78 is 0. The average molecular weight is 276 g/mol. The van der Waals surface area contributed by atoms with Gasteiger partial charge in [0.15, 0.2) is 0 Å². The highest BCUT2D eigenvalue weighted by Crippen LogP contribution is 2.10. The van der Waals surface area contributed by atoms with E-state index >= 15 is 0 Å². The molecule has 20 heavy (non-hydrogen) atoms. The number of nitrogen functional groups attached to an aromatic ring is 1. The van der Waals surface area contributed by atoms with E-state index in [4.69, 9.17) is 5.73 Å². The summed E-state index contributed by atoms with van der Waals surface area (Å²) in [6, 6.07) is 2.40. The Hall–Kier alpha value is -2.44. The Morgan fingerprint density at radius 3 is 2.90 bits per heavy atom. The van der Waals surface area contributed by atoms with Crippen LogP contribution in [-0.2, 0) is 16.0 Å². The minimum atomic E-state index is -0.695. The van der Waals surface area contributed by atoms with Crippen LogP contribution in [0.3, 0.4) is 0 Å². The predicted molar refractivity (Wildman–Crippen MR) is 71.7 cm³/mol. The Kier molecular flexibility index (Phi) is 3.97. The van der Waals surface area contributed by atoms with Crippen molar-refractivity contribution in [3.05, 3.63) is 23.4 Å². The molecule has 3 amide bonds. The van der Waals surface area contributed by atoms with Crippen molar-refractivity contribution in [1.82, 2.24) is 15.6 Å². The molecular formula is C13H16N4O3. The lowest BCUT2D eigenvalue weighted by atomic mass is 10.1. The Labute approximate surface area is 115 Å². The van der Waals surface area contributed by atoms with E-state index in [1.54, 1.807) is 6.07 Å². The Morgan fingerprint density at radius 2 is 2.25 bits per heavy atom. The molecule has 0 bridgehead atoms. The van der Waals surface area contributed by atoms with E-state index in [-0.39, 0.29) is 18.1 Å². The fourth-order valence-corrected chi connectivity index (χ4v) is 2.00. The van der Waals surface area contributed by atoms with Gasteiger partial charge in [-0.3, -0.25) is 19.7 Å². The maximum atomic E-state index is 12.1. The second kappa shape index (κ2) is 5.68. The van der Waals surface area contributed by atoms with Crippen molar-refractivity contribution in [1.29, 1.82) is 0 Å². The van der Waals surface area contributed by atoms with Crippen LogP contribution in [0.2, 0.25) is 0 Å². The van der Waals surface area contributed by atoms with Gasteiger partial charge in [0.25, 0.3) is 5.91 Å². The van der Waals surface area contributed by atoms with Crippen molar-refractivity contribution in [2.24, 2.45) is 0 Å². The number of nitrogens with one attached hydrogen (secondary N) is 2. The third-order valence-corrected chi connectivity index (χ3v) is 3.07. The first-order chi connectivity index (χ1) is 9.49. The number of carbonyl (C=O) groups excluding carboxylic acids is 3. The van der Waals surface area contributed by atoms with Crippen LogP contribution in [0.5, 0.6) is 0 Å². The second-order valence-electron chi connectivity index (χ2n) is 4.60. The molecule has 0 radical (unpaired) electrons. The molecule has 7 nitrogen and oxygen atoms in total. The minimum absolute atomic E-state index is 0.218. The summed E-state index contributed by atoms with van der Waals surface area (Å²) in [6.45, 7) is 1.91. The molecular weight excluding hydrogens is 260 g/mol. The van der Waals surface area contributed by atoms with E-state index in [2.05, 4.69) is 15.6 Å². The summed E-state index contributed by atoms with van der Waals surface area (Å²) >= 11 is 0. The summed E-state index contributed by atoms with van der Waals surface area (Å²) in [5.41, 5.74) is 6.70. The van der Waals surface area contributed by atoms with Crippen molar-refractivity contribution in [2.75, 3.05) is 5.73 Å². The van der Waals surface area contributed by atoms with Crippen LogP contribution < -0.4 is 16.4 Å². The van der Waals surface area contributed by atoms with Crippen LogP contribution in [0, 0.1) is 0 Å². The summed E-state index contributed by atoms with van der Waals surface area (Å²) in [5, 5.41) is 4.79. The minimum Gasteiger partial charge on any atom is -0.384 e. The molecule has 1 atom stereocenters. The molecule has 0 saturated carbocycles. The number of carbonyl (C=O) groups is 3. The van der Waals surface area contributed by atoms with Crippen LogP contribution in [0.25, 0.3) is 0 Å². The van der Waals surface area contributed by atoms with E-state index < -0.39 is 17.9 Å². The molecule has 1 fully saturated rings. The number of anilines is 1. The highest BCUT2D eigenvalue weighted by molar-refractivity contribution is 6.03. The van der Waals surface area contributed by atoms with Crippen LogP contribution in [0.15, 0.2) is 12.1 Å². The number of piperidine rings is 1. The SMILES string of the molecule is CCc1cc(C(=O)NC2CCC(=O)NC2=O)cc(N)n1. The number of nitrogens with two attached hydrogens (primary N) is 1. The number of aryl methyl sites for hydroxylation is 1. The molecule has 0 aromatic carbocycles. The van der Waals surface area contributed by atoms with Crippen molar-refractivity contribution in [3.63, 3.8) is 0 Å². The quantitative estimate of drug-likeness (QED) is 0.659. The number of amides is 3. The van der Waals surface area contributed by atoms with E-state index in [9.17, 15) is 14.4 Å². The van der Waals surface area contributed by atoms with Gasteiger partial charge in [0.1, 0.15) is 11.9 Å². The summed E-state index contributed by atoms with van der Waals surface area (Å²) in [6.07, 6.45) is 1.18. The van der Waals surface area contributed by atoms with E-state index in [0.29, 0.717) is 24.1 Å². The van der Waals surface area contributed by atoms with Gasteiger partial charge in [0.05, 0.1) is 0 Å². The topological polar surface area (TPSA) is 114 Å². The normalized spacial score (nSPS) is 18.6. The molecule has 2 heterocycles. The van der Waals surface area contributed by atoms with Gasteiger partial charge in [0.2, 0.25) is 11.8 Å². The van der Waals surface area contributed by atoms with Gasteiger partial charge in [-0.1, -0.05) is 6.92 Å². The number of hydrogen-bond acceptors (Lipinski definition) is 5. The first-order valence-corrected chi connectivity index (χ1v) is 6.40. The lowest BCUT2D eigenvalue weighted by Gasteiger charge is -2.21. The number of imide groups is 1. The highest BCUT2D eigenvalue weighted by Gasteiger charge is 2.28. The molecule has 1 saturated heterocycles. The van der Waals surface area contributed by atoms with Crippen LogP contribution >= 0.6 is 0 Å². The van der Waals surface area contributed by atoms with Crippen LogP contribution in [-0.4, -0.2) is 28.7 Å². The van der Waals surface area contributed by atoms with E-state index in [1.807, 2.05) is 6.92 Å². The molecule has 1 aromatic heterocycles. The number of nitrogens with zero attached hydrogens (tertiary/aromatic N) is 1. The second-order valence-corrected chi connectivity index (χ2v) is 4.60. The Morgan fingerprint density at radius 1 is 1.50 bits per heavy atom. The standard InChI is InChI=1S/C13H16N4O3/c1-2-8-5-7(6-10(14)15-8)12(19)16-9-3-4-11(18)17-13(9)20/h5-6,9H,2-4H2,1H3,(H2,14,15)(H,16,19)(H,17,18,20). The maximum absolute atomic E-state index is 12.1. The van der Waals surface area contributed by atoms with Gasteiger partial charge in [0, 0.05) is 17.7 Å². The zero-order valence-electron chi connectivity index (χ0n) is 11.1. The Balaban J connectivity index is 2.10. The number of hydrogen-bond donors (Lipinski definition) is 3. The zero-order chi connectivity index (χ0) is 14.7. The third-order valence-electron chi connectivity index (χ3n) is 3.07. The lowest BCUT2D eigenvalue weighted by molar-refractivity contribution is -0.134. The van der Waals surface area contributed by atoms with Crippen molar-refractivity contribution < 1.29 is 14.4 Å². The smallest absolute Gasteiger partial charge is 0.252 e. The van der Waals surface area contributed by atoms with Crippen molar-refractivity contribution >= 4 is 23.5 Å². The molecule has 2 rings (SSSR count). The monoisotopic (exact) mass is 276 g/mol. The predicted octanol–water partition coefficient (Wildman–Crippen LogP) is -0.239. The van der Waals surface area contributed by atoms with Crippen LogP contribution in [0.1, 0.15) is 35.8 Å². The molecule has 0 aliphatic carbocycles. The van der Waals surface area contributed by atoms with Gasteiger partial charge in [-0.05, 0) is 25.0 Å². The van der Waals surface area contributed by atoms with E-state index in [0.717, 1.165) is 0 Å². The zero-order valence-corrected chi connectivity index (χ0v) is 11.1. The molecule has 1 aromatic rings.